The fraction of sp³-hybridized carbons (Fsp3) is 0.483. The van der Waals surface area contributed by atoms with E-state index in [1.54, 1.807) is 6.07 Å². The van der Waals surface area contributed by atoms with E-state index in [0.29, 0.717) is 41.0 Å². The van der Waals surface area contributed by atoms with Crippen LogP contribution in [0.15, 0.2) is 35.0 Å². The third kappa shape index (κ3) is 6.89. The van der Waals surface area contributed by atoms with Gasteiger partial charge in [0.05, 0.1) is 33.7 Å². The Balaban J connectivity index is 1.39. The molecule has 42 heavy (non-hydrogen) atoms. The Morgan fingerprint density at radius 1 is 0.976 bits per heavy atom. The van der Waals surface area contributed by atoms with Gasteiger partial charge < -0.3 is 24.5 Å². The van der Waals surface area contributed by atoms with E-state index < -0.39 is 0 Å². The molecule has 0 bridgehead atoms. The molecular weight excluding hydrogens is 599 g/mol. The van der Waals surface area contributed by atoms with Crippen molar-refractivity contribution in [3.8, 4) is 22.6 Å². The molecule has 222 valence electrons. The van der Waals surface area contributed by atoms with Crippen molar-refractivity contribution < 1.29 is 9.26 Å². The molecule has 3 aromatic heterocycles. The van der Waals surface area contributed by atoms with Crippen LogP contribution in [0, 0.1) is 0 Å². The molecule has 10 nitrogen and oxygen atoms in total. The number of anilines is 1. The third-order valence-corrected chi connectivity index (χ3v) is 8.76. The summed E-state index contributed by atoms with van der Waals surface area (Å²) < 4.78 is 13.0. The van der Waals surface area contributed by atoms with Crippen molar-refractivity contribution >= 4 is 40.8 Å². The lowest BCUT2D eigenvalue weighted by Gasteiger charge is -2.24. The molecule has 4 heterocycles. The molecule has 0 atom stereocenters. The second-order valence-corrected chi connectivity index (χ2v) is 11.9. The van der Waals surface area contributed by atoms with Gasteiger partial charge in [-0.25, -0.2) is 15.0 Å². The maximum atomic E-state index is 6.49. The zero-order valence-electron chi connectivity index (χ0n) is 23.2. The fourth-order valence-corrected chi connectivity index (χ4v) is 6.22. The molecule has 1 aromatic carbocycles. The molecule has 2 fully saturated rings. The molecule has 0 amide bonds. The lowest BCUT2D eigenvalue weighted by Crippen LogP contribution is -2.28. The minimum Gasteiger partial charge on any atom is -0.371 e. The smallest absolute Gasteiger partial charge is 0.320 e. The van der Waals surface area contributed by atoms with Crippen molar-refractivity contribution in [2.75, 3.05) is 25.0 Å². The summed E-state index contributed by atoms with van der Waals surface area (Å²) in [7, 11) is 0. The van der Waals surface area contributed by atoms with Crippen molar-refractivity contribution in [1.82, 2.24) is 35.0 Å². The Hall–Kier alpha value is -2.76. The second-order valence-electron chi connectivity index (χ2n) is 10.7. The van der Waals surface area contributed by atoms with Gasteiger partial charge in [0.2, 0.25) is 5.95 Å². The van der Waals surface area contributed by atoms with Gasteiger partial charge in [-0.3, -0.25) is 0 Å². The van der Waals surface area contributed by atoms with Crippen molar-refractivity contribution in [3.05, 3.63) is 57.5 Å². The first-order valence-electron chi connectivity index (χ1n) is 14.5. The molecule has 1 aliphatic carbocycles. The van der Waals surface area contributed by atoms with Crippen LogP contribution in [0.3, 0.4) is 0 Å². The summed E-state index contributed by atoms with van der Waals surface area (Å²) in [6.07, 6.45) is 9.76. The van der Waals surface area contributed by atoms with E-state index in [4.69, 9.17) is 54.0 Å². The fourth-order valence-electron chi connectivity index (χ4n) is 5.79. The summed E-state index contributed by atoms with van der Waals surface area (Å²) in [6.45, 7) is 3.00. The Labute approximate surface area is 259 Å². The normalized spacial score (nSPS) is 16.6. The van der Waals surface area contributed by atoms with Gasteiger partial charge in [0, 0.05) is 30.3 Å². The number of piperidine rings is 1. The minimum absolute atomic E-state index is 0.00800. The number of hydrogen-bond donors (Lipinski definition) is 2. The van der Waals surface area contributed by atoms with Crippen molar-refractivity contribution in [3.63, 3.8) is 0 Å². The zero-order chi connectivity index (χ0) is 28.9. The molecule has 2 aliphatic rings. The van der Waals surface area contributed by atoms with Gasteiger partial charge in [0.1, 0.15) is 12.4 Å². The number of aromatic nitrogens is 6. The average molecular weight is 632 g/mol. The molecule has 4 aromatic rings. The highest BCUT2D eigenvalue weighted by atomic mass is 35.5. The highest BCUT2D eigenvalue weighted by Gasteiger charge is 2.28. The quantitative estimate of drug-likeness (QED) is 0.183. The highest BCUT2D eigenvalue weighted by molar-refractivity contribution is 6.42. The van der Waals surface area contributed by atoms with Crippen molar-refractivity contribution in [1.29, 1.82) is 0 Å². The van der Waals surface area contributed by atoms with E-state index in [9.17, 15) is 0 Å². The van der Waals surface area contributed by atoms with Crippen LogP contribution in [0.1, 0.15) is 62.5 Å². The maximum Gasteiger partial charge on any atom is 0.320 e. The van der Waals surface area contributed by atoms with Crippen LogP contribution in [-0.4, -0.2) is 55.4 Å². The Morgan fingerprint density at radius 3 is 2.57 bits per heavy atom. The van der Waals surface area contributed by atoms with Crippen molar-refractivity contribution in [2.24, 2.45) is 0 Å². The molecule has 1 saturated carbocycles. The predicted molar refractivity (Wildman–Crippen MR) is 163 cm³/mol. The van der Waals surface area contributed by atoms with Crippen LogP contribution in [0.5, 0.6) is 0 Å². The van der Waals surface area contributed by atoms with Crippen LogP contribution in [-0.2, 0) is 17.9 Å². The summed E-state index contributed by atoms with van der Waals surface area (Å²) in [5.74, 6) is 2.30. The number of nitrogens with zero attached hydrogens (tertiary/aromatic N) is 6. The van der Waals surface area contributed by atoms with E-state index in [-0.39, 0.29) is 17.9 Å². The number of nitrogens with one attached hydrogen (secondary N) is 2. The van der Waals surface area contributed by atoms with Gasteiger partial charge in [0.15, 0.2) is 5.82 Å². The Bertz CT molecular complexity index is 1500. The van der Waals surface area contributed by atoms with Gasteiger partial charge >= 0.3 is 5.35 Å². The monoisotopic (exact) mass is 630 g/mol. The van der Waals surface area contributed by atoms with E-state index in [0.717, 1.165) is 67.2 Å². The van der Waals surface area contributed by atoms with Crippen LogP contribution in [0.2, 0.25) is 15.4 Å². The van der Waals surface area contributed by atoms with E-state index in [1.807, 2.05) is 24.4 Å². The maximum absolute atomic E-state index is 6.49. The number of imidazole rings is 1. The summed E-state index contributed by atoms with van der Waals surface area (Å²) in [6, 6.07) is 7.95. The number of hydrogen-bond acceptors (Lipinski definition) is 9. The van der Waals surface area contributed by atoms with Gasteiger partial charge in [0.25, 0.3) is 0 Å². The minimum atomic E-state index is -0.00800. The number of halogens is 3. The first kappa shape index (κ1) is 29.3. The topological polar surface area (TPSA) is 116 Å². The Kier molecular flexibility index (Phi) is 9.56. The Morgan fingerprint density at radius 2 is 1.81 bits per heavy atom. The lowest BCUT2D eigenvalue weighted by molar-refractivity contribution is 0.105. The molecule has 6 rings (SSSR count). The van der Waals surface area contributed by atoms with Crippen LogP contribution in [0.4, 0.5) is 5.95 Å². The molecule has 0 spiro atoms. The lowest BCUT2D eigenvalue weighted by atomic mass is 9.96. The number of benzene rings is 1. The zero-order valence-corrected chi connectivity index (χ0v) is 25.4. The van der Waals surface area contributed by atoms with Gasteiger partial charge in [-0.15, -0.1) is 0 Å². The predicted octanol–water partition coefficient (Wildman–Crippen LogP) is 6.78. The standard InChI is InChI=1S/C29H33Cl3N8O2/c30-21-7-6-19(16-22(21)31)25-26(23-10-13-34-29(36-23)35-20-4-2-1-3-5-20)40(27(38-25)18-8-11-33-12-9-18)14-15-41-17-24-37-28(32)42-39-24/h6-7,10,13,16,18,20,33H,1-5,8-9,11-12,14-15,17H2,(H,34,35,36). The molecule has 1 aliphatic heterocycles. The second kappa shape index (κ2) is 13.7. The van der Waals surface area contributed by atoms with Crippen LogP contribution >= 0.6 is 34.8 Å². The van der Waals surface area contributed by atoms with Gasteiger partial charge in [-0.05, 0) is 68.6 Å². The van der Waals surface area contributed by atoms with E-state index >= 15 is 0 Å². The first-order chi connectivity index (χ1) is 20.5. The highest BCUT2D eigenvalue weighted by Crippen LogP contribution is 2.38. The van der Waals surface area contributed by atoms with Crippen LogP contribution < -0.4 is 10.6 Å². The van der Waals surface area contributed by atoms with E-state index in [1.165, 1.54) is 19.3 Å². The molecule has 2 N–H and O–H groups in total. The van der Waals surface area contributed by atoms with Gasteiger partial charge in [-0.2, -0.15) is 4.98 Å². The number of ether oxygens (including phenoxy) is 1. The van der Waals surface area contributed by atoms with Gasteiger partial charge in [-0.1, -0.05) is 53.7 Å². The van der Waals surface area contributed by atoms with Crippen molar-refractivity contribution in [2.45, 2.75) is 70.1 Å². The van der Waals surface area contributed by atoms with E-state index in [2.05, 4.69) is 30.3 Å². The largest absolute Gasteiger partial charge is 0.371 e. The average Bonchev–Trinajstić information content (AvgIpc) is 3.61. The molecule has 0 unspecified atom stereocenters. The molecule has 13 heteroatoms. The summed E-state index contributed by atoms with van der Waals surface area (Å²) in [5.41, 5.74) is 3.34. The molecule has 1 saturated heterocycles. The van der Waals surface area contributed by atoms with Crippen LogP contribution in [0.25, 0.3) is 22.6 Å². The summed E-state index contributed by atoms with van der Waals surface area (Å²) in [5, 5.41) is 11.8. The summed E-state index contributed by atoms with van der Waals surface area (Å²) >= 11 is 18.6. The molecular formula is C29H33Cl3N8O2. The first-order valence-corrected chi connectivity index (χ1v) is 15.6. The molecule has 0 radical (unpaired) electrons. The SMILES string of the molecule is Clc1nc(COCCn2c(C3CCNCC3)nc(-c3ccc(Cl)c(Cl)c3)c2-c2ccnc(NC3CCCCC3)n2)no1. The number of rotatable bonds is 10. The third-order valence-electron chi connectivity index (χ3n) is 7.86. The summed E-state index contributed by atoms with van der Waals surface area (Å²) in [4.78, 5) is 18.9.